The summed E-state index contributed by atoms with van der Waals surface area (Å²) >= 11 is 0. The monoisotopic (exact) mass is 474 g/mol. The zero-order chi connectivity index (χ0) is 24.8. The van der Waals surface area contributed by atoms with Gasteiger partial charge in [0.25, 0.3) is 5.91 Å². The van der Waals surface area contributed by atoms with Crippen LogP contribution in [0, 0.1) is 11.6 Å². The maximum atomic E-state index is 13.8. The van der Waals surface area contributed by atoms with E-state index in [1.807, 2.05) is 6.07 Å². The summed E-state index contributed by atoms with van der Waals surface area (Å²) < 4.78 is 32.4. The summed E-state index contributed by atoms with van der Waals surface area (Å²) in [4.78, 5) is 29.0. The van der Waals surface area contributed by atoms with Crippen LogP contribution in [0.15, 0.2) is 95.6 Å². The Bertz CT molecular complexity index is 1290. The first kappa shape index (κ1) is 23.9. The lowest BCUT2D eigenvalue weighted by molar-refractivity contribution is -0.129. The minimum atomic E-state index is -0.509. The van der Waals surface area contributed by atoms with Crippen molar-refractivity contribution in [2.75, 3.05) is 11.9 Å². The number of rotatable bonds is 8. The zero-order valence-electron chi connectivity index (χ0n) is 19.2. The predicted octanol–water partition coefficient (Wildman–Crippen LogP) is 5.61. The predicted molar refractivity (Wildman–Crippen MR) is 129 cm³/mol. The van der Waals surface area contributed by atoms with Gasteiger partial charge >= 0.3 is 0 Å². The van der Waals surface area contributed by atoms with Crippen molar-refractivity contribution < 1.29 is 22.8 Å². The molecular weight excluding hydrogens is 450 g/mol. The van der Waals surface area contributed by atoms with Crippen LogP contribution in [0.1, 0.15) is 27.2 Å². The van der Waals surface area contributed by atoms with E-state index < -0.39 is 11.7 Å². The van der Waals surface area contributed by atoms with Crippen molar-refractivity contribution in [3.05, 3.63) is 125 Å². The largest absolute Gasteiger partial charge is 0.467 e. The van der Waals surface area contributed by atoms with Gasteiger partial charge in [0.05, 0.1) is 25.8 Å². The van der Waals surface area contributed by atoms with Crippen molar-refractivity contribution >= 4 is 17.5 Å². The zero-order valence-corrected chi connectivity index (χ0v) is 19.2. The third-order valence-corrected chi connectivity index (χ3v) is 5.57. The number of carbonyl (C=O) groups is 2. The molecule has 178 valence electrons. The highest BCUT2D eigenvalue weighted by Crippen LogP contribution is 2.22. The Morgan fingerprint density at radius 3 is 2.17 bits per heavy atom. The summed E-state index contributed by atoms with van der Waals surface area (Å²) in [6.45, 7) is 0.539. The van der Waals surface area contributed by atoms with Gasteiger partial charge in [-0.15, -0.1) is 0 Å². The van der Waals surface area contributed by atoms with E-state index in [2.05, 4.69) is 0 Å². The molecule has 5 nitrogen and oxygen atoms in total. The maximum absolute atomic E-state index is 13.8. The van der Waals surface area contributed by atoms with Crippen molar-refractivity contribution in [1.82, 2.24) is 4.90 Å². The van der Waals surface area contributed by atoms with E-state index in [-0.39, 0.29) is 30.3 Å². The average molecular weight is 475 g/mol. The lowest BCUT2D eigenvalue weighted by atomic mass is 10.1. The van der Waals surface area contributed by atoms with Crippen LogP contribution in [0.4, 0.5) is 14.5 Å². The number of anilines is 1. The molecule has 4 rings (SSSR count). The normalized spacial score (nSPS) is 10.7. The van der Waals surface area contributed by atoms with Crippen LogP contribution in [0.5, 0.6) is 0 Å². The summed E-state index contributed by atoms with van der Waals surface area (Å²) in [7, 11) is 1.71. The summed E-state index contributed by atoms with van der Waals surface area (Å²) in [5.74, 6) is -0.652. The minimum Gasteiger partial charge on any atom is -0.467 e. The highest BCUT2D eigenvalue weighted by Gasteiger charge is 2.19. The smallest absolute Gasteiger partial charge is 0.258 e. The molecule has 0 bridgehead atoms. The summed E-state index contributed by atoms with van der Waals surface area (Å²) in [6, 6.07) is 22.0. The molecule has 0 spiro atoms. The van der Waals surface area contributed by atoms with Crippen molar-refractivity contribution in [1.29, 1.82) is 0 Å². The summed E-state index contributed by atoms with van der Waals surface area (Å²) in [5.41, 5.74) is 2.27. The van der Waals surface area contributed by atoms with E-state index in [1.165, 1.54) is 35.2 Å². The number of hydrogen-bond acceptors (Lipinski definition) is 3. The SMILES string of the molecule is CN(Cc1ccco1)C(=O)Cc1ccc(N(Cc2ccc(F)cc2)C(=O)c2cccc(F)c2)cc1. The molecule has 3 aromatic carbocycles. The molecule has 1 aromatic heterocycles. The van der Waals surface area contributed by atoms with Gasteiger partial charge < -0.3 is 14.2 Å². The Labute approximate surface area is 202 Å². The van der Waals surface area contributed by atoms with Gasteiger partial charge in [0.15, 0.2) is 0 Å². The van der Waals surface area contributed by atoms with Gasteiger partial charge in [-0.1, -0.05) is 30.3 Å². The molecule has 1 heterocycles. The molecular formula is C28H24F2N2O3. The number of carbonyl (C=O) groups excluding carboxylic acids is 2. The highest BCUT2D eigenvalue weighted by molar-refractivity contribution is 6.06. The number of hydrogen-bond donors (Lipinski definition) is 0. The van der Waals surface area contributed by atoms with Gasteiger partial charge in [0.2, 0.25) is 5.91 Å². The number of likely N-dealkylation sites (N-methyl/N-ethyl adjacent to an activating group) is 1. The van der Waals surface area contributed by atoms with E-state index >= 15 is 0 Å². The molecule has 7 heteroatoms. The summed E-state index contributed by atoms with van der Waals surface area (Å²) in [5, 5.41) is 0. The highest BCUT2D eigenvalue weighted by atomic mass is 19.1. The van der Waals surface area contributed by atoms with Gasteiger partial charge in [-0.3, -0.25) is 9.59 Å². The molecule has 0 fully saturated rings. The maximum Gasteiger partial charge on any atom is 0.258 e. The fourth-order valence-electron chi connectivity index (χ4n) is 3.66. The van der Waals surface area contributed by atoms with Crippen LogP contribution in [0.25, 0.3) is 0 Å². The molecule has 0 aliphatic rings. The molecule has 4 aromatic rings. The van der Waals surface area contributed by atoms with E-state index in [0.717, 1.165) is 11.1 Å². The van der Waals surface area contributed by atoms with Crippen LogP contribution in [0.2, 0.25) is 0 Å². The molecule has 35 heavy (non-hydrogen) atoms. The lowest BCUT2D eigenvalue weighted by Gasteiger charge is -2.24. The van der Waals surface area contributed by atoms with E-state index in [9.17, 15) is 18.4 Å². The van der Waals surface area contributed by atoms with E-state index in [4.69, 9.17) is 4.42 Å². The fourth-order valence-corrected chi connectivity index (χ4v) is 3.66. The second kappa shape index (κ2) is 10.8. The second-order valence-corrected chi connectivity index (χ2v) is 8.20. The van der Waals surface area contributed by atoms with Crippen LogP contribution in [-0.2, 0) is 24.3 Å². The third kappa shape index (κ3) is 6.20. The van der Waals surface area contributed by atoms with Crippen LogP contribution >= 0.6 is 0 Å². The molecule has 0 N–H and O–H groups in total. The average Bonchev–Trinajstić information content (AvgIpc) is 3.37. The molecule has 0 atom stereocenters. The van der Waals surface area contributed by atoms with Crippen molar-refractivity contribution in [2.24, 2.45) is 0 Å². The minimum absolute atomic E-state index is 0.0758. The number of amides is 2. The first-order valence-corrected chi connectivity index (χ1v) is 11.1. The quantitative estimate of drug-likeness (QED) is 0.334. The van der Waals surface area contributed by atoms with E-state index in [1.54, 1.807) is 66.7 Å². The van der Waals surface area contributed by atoms with Gasteiger partial charge in [0.1, 0.15) is 17.4 Å². The van der Waals surface area contributed by atoms with Crippen molar-refractivity contribution in [3.8, 4) is 0 Å². The van der Waals surface area contributed by atoms with Crippen LogP contribution < -0.4 is 4.90 Å². The Balaban J connectivity index is 1.53. The molecule has 0 unspecified atom stereocenters. The molecule has 0 aliphatic carbocycles. The Morgan fingerprint density at radius 1 is 0.800 bits per heavy atom. The second-order valence-electron chi connectivity index (χ2n) is 8.20. The Kier molecular flexibility index (Phi) is 7.35. The number of nitrogens with zero attached hydrogens (tertiary/aromatic N) is 2. The summed E-state index contributed by atoms with van der Waals surface area (Å²) in [6.07, 6.45) is 1.75. The molecule has 0 radical (unpaired) electrons. The van der Waals surface area contributed by atoms with E-state index in [0.29, 0.717) is 18.0 Å². The number of benzene rings is 3. The van der Waals surface area contributed by atoms with Gasteiger partial charge in [-0.05, 0) is 65.7 Å². The Hall–Kier alpha value is -4.26. The van der Waals surface area contributed by atoms with Crippen LogP contribution in [-0.4, -0.2) is 23.8 Å². The van der Waals surface area contributed by atoms with Gasteiger partial charge in [-0.25, -0.2) is 8.78 Å². The Morgan fingerprint density at radius 2 is 1.51 bits per heavy atom. The number of furan rings is 1. The first-order valence-electron chi connectivity index (χ1n) is 11.1. The van der Waals surface area contributed by atoms with Crippen molar-refractivity contribution in [3.63, 3.8) is 0 Å². The topological polar surface area (TPSA) is 53.8 Å². The standard InChI is InChI=1S/C28H24F2N2O3/c1-31(19-26-6-3-15-35-26)27(33)16-20-9-13-25(14-10-20)32(18-21-7-11-23(29)12-8-21)28(34)22-4-2-5-24(30)17-22/h2-15,17H,16,18-19H2,1H3. The molecule has 0 saturated carbocycles. The lowest BCUT2D eigenvalue weighted by Crippen LogP contribution is -2.30. The fraction of sp³-hybridized carbons (Fsp3) is 0.143. The number of halogens is 2. The third-order valence-electron chi connectivity index (χ3n) is 5.57. The molecule has 0 aliphatic heterocycles. The van der Waals surface area contributed by atoms with Crippen LogP contribution in [0.3, 0.4) is 0 Å². The van der Waals surface area contributed by atoms with Crippen molar-refractivity contribution in [2.45, 2.75) is 19.5 Å². The van der Waals surface area contributed by atoms with Gasteiger partial charge in [-0.2, -0.15) is 0 Å². The molecule has 2 amide bonds. The molecule has 0 saturated heterocycles. The van der Waals surface area contributed by atoms with Gasteiger partial charge in [0, 0.05) is 18.3 Å². The first-order chi connectivity index (χ1) is 16.9.